The van der Waals surface area contributed by atoms with Crippen molar-refractivity contribution in [2.45, 2.75) is 6.42 Å². The lowest BCUT2D eigenvalue weighted by atomic mass is 10.1. The first-order valence-electron chi connectivity index (χ1n) is 4.31. The van der Waals surface area contributed by atoms with Crippen LogP contribution in [0.5, 0.6) is 11.5 Å². The van der Waals surface area contributed by atoms with Crippen molar-refractivity contribution in [1.82, 2.24) is 0 Å². The summed E-state index contributed by atoms with van der Waals surface area (Å²) in [5, 5.41) is 8.60. The molecule has 0 atom stereocenters. The van der Waals surface area contributed by atoms with Gasteiger partial charge >= 0.3 is 5.97 Å². The summed E-state index contributed by atoms with van der Waals surface area (Å²) in [6.07, 6.45) is -0.475. The van der Waals surface area contributed by atoms with Gasteiger partial charge in [0.2, 0.25) is 5.82 Å². The van der Waals surface area contributed by atoms with Crippen molar-refractivity contribution in [3.63, 3.8) is 0 Å². The SMILES string of the molecule is COc1c(CC(=O)O)cc(F)c(F)c1OC. The molecule has 0 aromatic heterocycles. The van der Waals surface area contributed by atoms with Crippen LogP contribution in [0.15, 0.2) is 6.07 Å². The number of halogens is 2. The molecule has 0 fully saturated rings. The number of carboxylic acids is 1. The molecule has 88 valence electrons. The van der Waals surface area contributed by atoms with E-state index in [-0.39, 0.29) is 11.3 Å². The number of hydrogen-bond acceptors (Lipinski definition) is 3. The van der Waals surface area contributed by atoms with Crippen molar-refractivity contribution in [1.29, 1.82) is 0 Å². The molecule has 0 saturated heterocycles. The number of hydrogen-bond donors (Lipinski definition) is 1. The second-order valence-corrected chi connectivity index (χ2v) is 2.97. The second kappa shape index (κ2) is 4.78. The summed E-state index contributed by atoms with van der Waals surface area (Å²) in [7, 11) is 2.37. The van der Waals surface area contributed by atoms with Crippen LogP contribution in [0.4, 0.5) is 8.78 Å². The van der Waals surface area contributed by atoms with Crippen molar-refractivity contribution < 1.29 is 28.2 Å². The molecule has 0 aliphatic carbocycles. The van der Waals surface area contributed by atoms with Gasteiger partial charge in [-0.1, -0.05) is 0 Å². The zero-order valence-corrected chi connectivity index (χ0v) is 8.71. The minimum atomic E-state index is -1.20. The predicted molar refractivity (Wildman–Crippen MR) is 50.8 cm³/mol. The third-order valence-electron chi connectivity index (χ3n) is 1.96. The summed E-state index contributed by atoms with van der Waals surface area (Å²) in [6.45, 7) is 0. The Balaban J connectivity index is 3.37. The van der Waals surface area contributed by atoms with Gasteiger partial charge in [0.25, 0.3) is 0 Å². The lowest BCUT2D eigenvalue weighted by Crippen LogP contribution is -2.06. The van der Waals surface area contributed by atoms with Gasteiger partial charge in [0.05, 0.1) is 20.6 Å². The fourth-order valence-electron chi connectivity index (χ4n) is 1.34. The van der Waals surface area contributed by atoms with Crippen molar-refractivity contribution in [2.75, 3.05) is 14.2 Å². The monoisotopic (exact) mass is 232 g/mol. The minimum absolute atomic E-state index is 0.0192. The first kappa shape index (κ1) is 12.2. The van der Waals surface area contributed by atoms with E-state index in [1.54, 1.807) is 0 Å². The van der Waals surface area contributed by atoms with Crippen LogP contribution in [0, 0.1) is 11.6 Å². The van der Waals surface area contributed by atoms with Crippen LogP contribution in [0.2, 0.25) is 0 Å². The summed E-state index contributed by atoms with van der Waals surface area (Å²) in [5.41, 5.74) is 0.0192. The Morgan fingerprint density at radius 2 is 1.88 bits per heavy atom. The molecule has 1 N–H and O–H groups in total. The molecule has 4 nitrogen and oxygen atoms in total. The Labute approximate surface area is 90.4 Å². The van der Waals surface area contributed by atoms with Gasteiger partial charge in [-0.05, 0) is 6.07 Å². The molecule has 0 spiro atoms. The van der Waals surface area contributed by atoms with E-state index in [4.69, 9.17) is 9.84 Å². The van der Waals surface area contributed by atoms with E-state index >= 15 is 0 Å². The van der Waals surface area contributed by atoms with Gasteiger partial charge in [-0.15, -0.1) is 0 Å². The number of methoxy groups -OCH3 is 2. The van der Waals surface area contributed by atoms with E-state index < -0.39 is 29.8 Å². The normalized spacial score (nSPS) is 10.0. The summed E-state index contributed by atoms with van der Waals surface area (Å²) < 4.78 is 35.8. The van der Waals surface area contributed by atoms with Crippen LogP contribution in [-0.4, -0.2) is 25.3 Å². The van der Waals surface area contributed by atoms with Gasteiger partial charge in [0.1, 0.15) is 0 Å². The van der Waals surface area contributed by atoms with Gasteiger partial charge in [0, 0.05) is 5.56 Å². The third kappa shape index (κ3) is 2.21. The molecule has 0 amide bonds. The topological polar surface area (TPSA) is 55.8 Å². The first-order chi connectivity index (χ1) is 7.51. The molecule has 0 radical (unpaired) electrons. The summed E-state index contributed by atoms with van der Waals surface area (Å²) in [6, 6.07) is 0.783. The molecule has 0 saturated carbocycles. The highest BCUT2D eigenvalue weighted by atomic mass is 19.2. The van der Waals surface area contributed by atoms with E-state index in [0.717, 1.165) is 13.2 Å². The van der Waals surface area contributed by atoms with Gasteiger partial charge in [-0.25, -0.2) is 4.39 Å². The van der Waals surface area contributed by atoms with Crippen molar-refractivity contribution in [2.24, 2.45) is 0 Å². The molecule has 1 rings (SSSR count). The minimum Gasteiger partial charge on any atom is -0.492 e. The summed E-state index contributed by atoms with van der Waals surface area (Å²) >= 11 is 0. The number of carbonyl (C=O) groups is 1. The number of aliphatic carboxylic acids is 1. The molecular formula is C10H10F2O4. The standard InChI is InChI=1S/C10H10F2O4/c1-15-9-5(4-7(13)14)3-6(11)8(12)10(9)16-2/h3H,4H2,1-2H3,(H,13,14). The Morgan fingerprint density at radius 1 is 1.31 bits per heavy atom. The summed E-state index contributed by atoms with van der Waals surface area (Å²) in [5.74, 6) is -4.09. The fraction of sp³-hybridized carbons (Fsp3) is 0.300. The molecule has 1 aromatic carbocycles. The Hall–Kier alpha value is -1.85. The zero-order valence-electron chi connectivity index (χ0n) is 8.71. The van der Waals surface area contributed by atoms with Crippen molar-refractivity contribution >= 4 is 5.97 Å². The van der Waals surface area contributed by atoms with Gasteiger partial charge in [-0.3, -0.25) is 4.79 Å². The molecule has 6 heteroatoms. The molecule has 0 bridgehead atoms. The number of ether oxygens (including phenoxy) is 2. The molecular weight excluding hydrogens is 222 g/mol. The quantitative estimate of drug-likeness (QED) is 0.856. The molecule has 0 unspecified atom stereocenters. The van der Waals surface area contributed by atoms with Crippen molar-refractivity contribution in [3.8, 4) is 11.5 Å². The van der Waals surface area contributed by atoms with E-state index in [2.05, 4.69) is 4.74 Å². The Bertz CT molecular complexity index is 418. The second-order valence-electron chi connectivity index (χ2n) is 2.97. The van der Waals surface area contributed by atoms with Crippen molar-refractivity contribution in [3.05, 3.63) is 23.3 Å². The maximum absolute atomic E-state index is 13.2. The largest absolute Gasteiger partial charge is 0.492 e. The first-order valence-corrected chi connectivity index (χ1v) is 4.31. The highest BCUT2D eigenvalue weighted by Crippen LogP contribution is 2.35. The molecule has 0 aliphatic rings. The van der Waals surface area contributed by atoms with Crippen LogP contribution in [0.25, 0.3) is 0 Å². The lowest BCUT2D eigenvalue weighted by Gasteiger charge is -2.12. The van der Waals surface area contributed by atoms with Crippen LogP contribution >= 0.6 is 0 Å². The fourth-order valence-corrected chi connectivity index (χ4v) is 1.34. The van der Waals surface area contributed by atoms with Gasteiger partial charge in [-0.2, -0.15) is 4.39 Å². The maximum atomic E-state index is 13.2. The Kier molecular flexibility index (Phi) is 3.65. The highest BCUT2D eigenvalue weighted by Gasteiger charge is 2.21. The zero-order chi connectivity index (χ0) is 12.3. The van der Waals surface area contributed by atoms with E-state index in [1.165, 1.54) is 7.11 Å². The highest BCUT2D eigenvalue weighted by molar-refractivity contribution is 5.72. The number of benzene rings is 1. The van der Waals surface area contributed by atoms with Crippen LogP contribution in [-0.2, 0) is 11.2 Å². The van der Waals surface area contributed by atoms with E-state index in [0.29, 0.717) is 0 Å². The number of carboxylic acid groups (broad SMARTS) is 1. The third-order valence-corrected chi connectivity index (χ3v) is 1.96. The van der Waals surface area contributed by atoms with E-state index in [1.807, 2.05) is 0 Å². The Morgan fingerprint density at radius 3 is 2.31 bits per heavy atom. The maximum Gasteiger partial charge on any atom is 0.307 e. The van der Waals surface area contributed by atoms with Crippen LogP contribution < -0.4 is 9.47 Å². The number of rotatable bonds is 4. The van der Waals surface area contributed by atoms with E-state index in [9.17, 15) is 13.6 Å². The average molecular weight is 232 g/mol. The molecule has 16 heavy (non-hydrogen) atoms. The predicted octanol–water partition coefficient (Wildman–Crippen LogP) is 1.61. The lowest BCUT2D eigenvalue weighted by molar-refractivity contribution is -0.136. The summed E-state index contributed by atoms with van der Waals surface area (Å²) in [4.78, 5) is 10.5. The smallest absolute Gasteiger partial charge is 0.307 e. The van der Waals surface area contributed by atoms with Crippen LogP contribution in [0.3, 0.4) is 0 Å². The van der Waals surface area contributed by atoms with Gasteiger partial charge < -0.3 is 14.6 Å². The molecule has 0 heterocycles. The molecule has 1 aromatic rings. The van der Waals surface area contributed by atoms with Gasteiger partial charge in [0.15, 0.2) is 17.3 Å². The average Bonchev–Trinajstić information content (AvgIpc) is 2.21. The molecule has 0 aliphatic heterocycles. The van der Waals surface area contributed by atoms with Crippen LogP contribution in [0.1, 0.15) is 5.56 Å².